The summed E-state index contributed by atoms with van der Waals surface area (Å²) in [4.78, 5) is 3.72. The first kappa shape index (κ1) is 16.2. The molecule has 0 atom stereocenters. The molecule has 0 aliphatic rings. The standard InChI is InChI=1S/C28H17NS/c1-2-9-17(10-3-1)18-14-8-15-22-25-24-21-13-6-7-16-23(21)29-26(24)19-11-4-5-12-20(19)28(25)30-27(18)22/h1-16,29H. The fourth-order valence-electron chi connectivity index (χ4n) is 4.90. The number of hydrogen-bond donors (Lipinski definition) is 1. The van der Waals surface area contributed by atoms with Crippen molar-refractivity contribution < 1.29 is 0 Å². The Hall–Kier alpha value is -3.62. The Labute approximate surface area is 177 Å². The average molecular weight is 400 g/mol. The molecule has 7 aromatic rings. The summed E-state index contributed by atoms with van der Waals surface area (Å²) in [6.45, 7) is 0. The molecule has 0 spiro atoms. The molecule has 0 bridgehead atoms. The fraction of sp³-hybridized carbons (Fsp3) is 0. The van der Waals surface area contributed by atoms with Gasteiger partial charge in [0, 0.05) is 47.2 Å². The molecule has 0 aliphatic carbocycles. The van der Waals surface area contributed by atoms with Crippen molar-refractivity contribution in [3.05, 3.63) is 97.1 Å². The van der Waals surface area contributed by atoms with Gasteiger partial charge in [-0.25, -0.2) is 0 Å². The van der Waals surface area contributed by atoms with E-state index in [0.29, 0.717) is 0 Å². The number of hydrogen-bond acceptors (Lipinski definition) is 1. The molecule has 7 rings (SSSR count). The van der Waals surface area contributed by atoms with Crippen molar-refractivity contribution in [3.8, 4) is 11.1 Å². The van der Waals surface area contributed by atoms with Gasteiger partial charge in [0.05, 0.1) is 5.52 Å². The van der Waals surface area contributed by atoms with E-state index in [4.69, 9.17) is 0 Å². The van der Waals surface area contributed by atoms with Crippen LogP contribution >= 0.6 is 11.3 Å². The van der Waals surface area contributed by atoms with E-state index in [-0.39, 0.29) is 0 Å². The van der Waals surface area contributed by atoms with E-state index in [1.807, 2.05) is 11.3 Å². The Balaban J connectivity index is 1.79. The third-order valence-electron chi connectivity index (χ3n) is 6.20. The molecule has 140 valence electrons. The number of nitrogens with one attached hydrogen (secondary N) is 1. The zero-order chi connectivity index (χ0) is 19.7. The summed E-state index contributed by atoms with van der Waals surface area (Å²) >= 11 is 1.93. The molecule has 1 nitrogen and oxygen atoms in total. The first-order valence-corrected chi connectivity index (χ1v) is 11.0. The number of para-hydroxylation sites is 1. The summed E-state index contributed by atoms with van der Waals surface area (Å²) in [6, 6.07) is 34.9. The van der Waals surface area contributed by atoms with Gasteiger partial charge in [-0.1, -0.05) is 91.0 Å². The maximum Gasteiger partial charge on any atom is 0.0551 e. The van der Waals surface area contributed by atoms with Crippen molar-refractivity contribution in [3.63, 3.8) is 0 Å². The Morgan fingerprint density at radius 2 is 1.20 bits per heavy atom. The Kier molecular flexibility index (Phi) is 3.21. The number of aromatic amines is 1. The monoisotopic (exact) mass is 399 g/mol. The lowest BCUT2D eigenvalue weighted by molar-refractivity contribution is 1.57. The van der Waals surface area contributed by atoms with E-state index in [1.54, 1.807) is 0 Å². The third-order valence-corrected chi connectivity index (χ3v) is 7.47. The van der Waals surface area contributed by atoms with E-state index < -0.39 is 0 Å². The molecule has 0 unspecified atom stereocenters. The van der Waals surface area contributed by atoms with Crippen molar-refractivity contribution in [2.45, 2.75) is 0 Å². The summed E-state index contributed by atoms with van der Waals surface area (Å²) in [5.74, 6) is 0. The minimum atomic E-state index is 1.20. The van der Waals surface area contributed by atoms with Gasteiger partial charge in [0.15, 0.2) is 0 Å². The predicted octanol–water partition coefficient (Wildman–Crippen LogP) is 8.51. The summed E-state index contributed by atoms with van der Waals surface area (Å²) in [5.41, 5.74) is 5.02. The van der Waals surface area contributed by atoms with Crippen LogP contribution in [0, 0.1) is 0 Å². The molecule has 2 heteroatoms. The number of H-pyrrole nitrogens is 1. The van der Waals surface area contributed by atoms with Crippen LogP contribution in [0.2, 0.25) is 0 Å². The normalized spacial score (nSPS) is 12.0. The molecule has 2 heterocycles. The highest BCUT2D eigenvalue weighted by molar-refractivity contribution is 7.27. The van der Waals surface area contributed by atoms with Gasteiger partial charge in [-0.2, -0.15) is 0 Å². The molecular weight excluding hydrogens is 382 g/mol. The fourth-order valence-corrected chi connectivity index (χ4v) is 6.29. The molecule has 0 saturated heterocycles. The maximum absolute atomic E-state index is 3.72. The molecule has 5 aromatic carbocycles. The predicted molar refractivity (Wildman–Crippen MR) is 132 cm³/mol. The van der Waals surface area contributed by atoms with Gasteiger partial charge in [-0.3, -0.25) is 0 Å². The summed E-state index contributed by atoms with van der Waals surface area (Å²) in [5, 5.41) is 7.98. The SMILES string of the molecule is c1ccc(-c2cccc3c2sc2c4ccccc4c4[nH]c5ccccc5c4c32)cc1. The van der Waals surface area contributed by atoms with Crippen LogP contribution < -0.4 is 0 Å². The molecule has 0 fully saturated rings. The Morgan fingerprint density at radius 3 is 2.07 bits per heavy atom. The van der Waals surface area contributed by atoms with Gasteiger partial charge in [-0.05, 0) is 17.2 Å². The van der Waals surface area contributed by atoms with E-state index >= 15 is 0 Å². The molecule has 0 saturated carbocycles. The third kappa shape index (κ3) is 2.06. The molecular formula is C28H17NS. The van der Waals surface area contributed by atoms with Gasteiger partial charge in [0.25, 0.3) is 0 Å². The highest BCUT2D eigenvalue weighted by Gasteiger charge is 2.19. The average Bonchev–Trinajstić information content (AvgIpc) is 3.38. The largest absolute Gasteiger partial charge is 0.354 e. The lowest BCUT2D eigenvalue weighted by Gasteiger charge is -2.04. The Morgan fingerprint density at radius 1 is 0.500 bits per heavy atom. The zero-order valence-corrected chi connectivity index (χ0v) is 17.0. The van der Waals surface area contributed by atoms with Crippen LogP contribution in [-0.4, -0.2) is 4.98 Å². The molecule has 0 aliphatic heterocycles. The number of thiophene rings is 1. The molecule has 30 heavy (non-hydrogen) atoms. The van der Waals surface area contributed by atoms with Gasteiger partial charge in [0.2, 0.25) is 0 Å². The zero-order valence-electron chi connectivity index (χ0n) is 16.1. The van der Waals surface area contributed by atoms with Gasteiger partial charge < -0.3 is 4.98 Å². The summed E-state index contributed by atoms with van der Waals surface area (Å²) < 4.78 is 2.74. The Bertz CT molecular complexity index is 1740. The molecule has 0 radical (unpaired) electrons. The van der Waals surface area contributed by atoms with Gasteiger partial charge in [-0.15, -0.1) is 11.3 Å². The molecule has 2 aromatic heterocycles. The van der Waals surface area contributed by atoms with Crippen LogP contribution in [0.25, 0.3) is 63.9 Å². The number of fused-ring (bicyclic) bond motifs is 10. The van der Waals surface area contributed by atoms with Crippen LogP contribution in [0.5, 0.6) is 0 Å². The van der Waals surface area contributed by atoms with Gasteiger partial charge in [0.1, 0.15) is 0 Å². The van der Waals surface area contributed by atoms with Crippen LogP contribution in [-0.2, 0) is 0 Å². The van der Waals surface area contributed by atoms with Gasteiger partial charge >= 0.3 is 0 Å². The van der Waals surface area contributed by atoms with Crippen molar-refractivity contribution >= 4 is 64.1 Å². The first-order chi connectivity index (χ1) is 14.9. The van der Waals surface area contributed by atoms with Crippen LogP contribution in [0.15, 0.2) is 97.1 Å². The van der Waals surface area contributed by atoms with Crippen molar-refractivity contribution in [1.29, 1.82) is 0 Å². The van der Waals surface area contributed by atoms with Crippen molar-refractivity contribution in [2.75, 3.05) is 0 Å². The van der Waals surface area contributed by atoms with Crippen molar-refractivity contribution in [1.82, 2.24) is 4.98 Å². The second kappa shape index (κ2) is 5.94. The first-order valence-electron chi connectivity index (χ1n) is 10.2. The topological polar surface area (TPSA) is 15.8 Å². The smallest absolute Gasteiger partial charge is 0.0551 e. The van der Waals surface area contributed by atoms with Crippen LogP contribution in [0.3, 0.4) is 0 Å². The van der Waals surface area contributed by atoms with Crippen LogP contribution in [0.4, 0.5) is 0 Å². The summed E-state index contributed by atoms with van der Waals surface area (Å²) in [7, 11) is 0. The van der Waals surface area contributed by atoms with Crippen molar-refractivity contribution in [2.24, 2.45) is 0 Å². The lowest BCUT2D eigenvalue weighted by Crippen LogP contribution is -1.79. The van der Waals surface area contributed by atoms with E-state index in [0.717, 1.165) is 0 Å². The van der Waals surface area contributed by atoms with E-state index in [2.05, 4.69) is 102 Å². The second-order valence-corrected chi connectivity index (χ2v) is 8.84. The van der Waals surface area contributed by atoms with E-state index in [9.17, 15) is 0 Å². The summed E-state index contributed by atoms with van der Waals surface area (Å²) in [6.07, 6.45) is 0. The number of rotatable bonds is 1. The lowest BCUT2D eigenvalue weighted by atomic mass is 9.98. The minimum absolute atomic E-state index is 1.20. The van der Waals surface area contributed by atoms with Crippen LogP contribution in [0.1, 0.15) is 0 Å². The molecule has 0 amide bonds. The highest BCUT2D eigenvalue weighted by Crippen LogP contribution is 2.48. The quantitative estimate of drug-likeness (QED) is 0.285. The second-order valence-electron chi connectivity index (χ2n) is 7.82. The molecule has 1 N–H and O–H groups in total. The van der Waals surface area contributed by atoms with E-state index in [1.165, 1.54) is 63.9 Å². The minimum Gasteiger partial charge on any atom is -0.354 e. The number of benzene rings is 5. The maximum atomic E-state index is 3.72. The number of aromatic nitrogens is 1. The highest BCUT2D eigenvalue weighted by atomic mass is 32.1.